The molecule has 126 valence electrons. The van der Waals surface area contributed by atoms with E-state index in [2.05, 4.69) is 26.5 Å². The van der Waals surface area contributed by atoms with Crippen molar-refractivity contribution in [3.63, 3.8) is 0 Å². The fourth-order valence-corrected chi connectivity index (χ4v) is 2.73. The van der Waals surface area contributed by atoms with E-state index in [1.165, 1.54) is 13.3 Å². The molecule has 24 heavy (non-hydrogen) atoms. The van der Waals surface area contributed by atoms with E-state index in [1.54, 1.807) is 36.4 Å². The van der Waals surface area contributed by atoms with Gasteiger partial charge in [-0.1, -0.05) is 23.2 Å². The zero-order chi connectivity index (χ0) is 17.5. The lowest BCUT2D eigenvalue weighted by Gasteiger charge is -2.07. The van der Waals surface area contributed by atoms with Crippen molar-refractivity contribution in [3.05, 3.63) is 56.5 Å². The minimum Gasteiger partial charge on any atom is -0.496 e. The third kappa shape index (κ3) is 5.40. The molecule has 0 saturated heterocycles. The zero-order valence-electron chi connectivity index (χ0n) is 12.6. The Morgan fingerprint density at radius 3 is 2.54 bits per heavy atom. The van der Waals surface area contributed by atoms with Gasteiger partial charge < -0.3 is 9.47 Å². The van der Waals surface area contributed by atoms with Crippen LogP contribution in [0.5, 0.6) is 11.5 Å². The first-order chi connectivity index (χ1) is 11.5. The number of methoxy groups -OCH3 is 1. The van der Waals surface area contributed by atoms with Crippen LogP contribution in [0.25, 0.3) is 0 Å². The standard InChI is InChI=1S/C16H13BrCl2N2O3/c1-23-14-4-2-11(18)6-10(14)8-20-21-16(22)9-24-15-5-3-12(19)7-13(15)17/h2-8H,9H2,1H3,(H,21,22)/b20-8+. The summed E-state index contributed by atoms with van der Waals surface area (Å²) in [5.74, 6) is 0.697. The molecular formula is C16H13BrCl2N2O3. The second-order valence-electron chi connectivity index (χ2n) is 4.54. The first kappa shape index (κ1) is 18.6. The Kier molecular flexibility index (Phi) is 6.90. The molecule has 0 spiro atoms. The Hall–Kier alpha value is -1.76. The number of carbonyl (C=O) groups excluding carboxylic acids is 1. The van der Waals surface area contributed by atoms with E-state index in [0.29, 0.717) is 31.6 Å². The number of amides is 1. The normalized spacial score (nSPS) is 10.7. The SMILES string of the molecule is COc1ccc(Cl)cc1/C=N/NC(=O)COc1ccc(Cl)cc1Br. The predicted octanol–water partition coefficient (Wildman–Crippen LogP) is 4.29. The number of carbonyl (C=O) groups is 1. The summed E-state index contributed by atoms with van der Waals surface area (Å²) in [6, 6.07) is 10.1. The average Bonchev–Trinajstić information content (AvgIpc) is 2.54. The molecule has 1 amide bonds. The summed E-state index contributed by atoms with van der Waals surface area (Å²) in [5, 5.41) is 4.97. The number of rotatable bonds is 6. The van der Waals surface area contributed by atoms with Gasteiger partial charge in [-0.3, -0.25) is 4.79 Å². The molecular weight excluding hydrogens is 419 g/mol. The van der Waals surface area contributed by atoms with Crippen LogP contribution in [0.3, 0.4) is 0 Å². The molecule has 2 aromatic carbocycles. The second-order valence-corrected chi connectivity index (χ2v) is 6.27. The molecule has 2 rings (SSSR count). The van der Waals surface area contributed by atoms with Crippen molar-refractivity contribution >= 4 is 51.3 Å². The van der Waals surface area contributed by atoms with Crippen molar-refractivity contribution < 1.29 is 14.3 Å². The maximum Gasteiger partial charge on any atom is 0.277 e. The minimum atomic E-state index is -0.408. The molecule has 0 bridgehead atoms. The topological polar surface area (TPSA) is 59.9 Å². The Labute approximate surface area is 157 Å². The lowest BCUT2D eigenvalue weighted by Crippen LogP contribution is -2.24. The third-order valence-electron chi connectivity index (χ3n) is 2.84. The molecule has 8 heteroatoms. The van der Waals surface area contributed by atoms with Gasteiger partial charge in [0, 0.05) is 15.6 Å². The van der Waals surface area contributed by atoms with Gasteiger partial charge >= 0.3 is 0 Å². The van der Waals surface area contributed by atoms with Crippen LogP contribution < -0.4 is 14.9 Å². The van der Waals surface area contributed by atoms with Crippen molar-refractivity contribution in [1.29, 1.82) is 0 Å². The van der Waals surface area contributed by atoms with Crippen LogP contribution in [-0.2, 0) is 4.79 Å². The Balaban J connectivity index is 1.90. The zero-order valence-corrected chi connectivity index (χ0v) is 15.7. The molecule has 5 nitrogen and oxygen atoms in total. The summed E-state index contributed by atoms with van der Waals surface area (Å²) < 4.78 is 11.2. The molecule has 0 aliphatic carbocycles. The van der Waals surface area contributed by atoms with Gasteiger partial charge in [0.05, 0.1) is 17.8 Å². The Morgan fingerprint density at radius 1 is 1.21 bits per heavy atom. The van der Waals surface area contributed by atoms with Crippen LogP contribution in [0.15, 0.2) is 46.0 Å². The molecule has 0 heterocycles. The summed E-state index contributed by atoms with van der Waals surface area (Å²) in [5.41, 5.74) is 3.01. The summed E-state index contributed by atoms with van der Waals surface area (Å²) in [4.78, 5) is 11.8. The smallest absolute Gasteiger partial charge is 0.277 e. The molecule has 2 aromatic rings. The number of hydrogen-bond acceptors (Lipinski definition) is 4. The van der Waals surface area contributed by atoms with Crippen LogP contribution in [0.2, 0.25) is 10.0 Å². The fourth-order valence-electron chi connectivity index (χ4n) is 1.75. The number of benzene rings is 2. The van der Waals surface area contributed by atoms with Crippen LogP contribution >= 0.6 is 39.1 Å². The van der Waals surface area contributed by atoms with Crippen LogP contribution in [-0.4, -0.2) is 25.8 Å². The van der Waals surface area contributed by atoms with Crippen molar-refractivity contribution in [3.8, 4) is 11.5 Å². The number of nitrogens with one attached hydrogen (secondary N) is 1. The lowest BCUT2D eigenvalue weighted by atomic mass is 10.2. The summed E-state index contributed by atoms with van der Waals surface area (Å²) >= 11 is 15.1. The summed E-state index contributed by atoms with van der Waals surface area (Å²) in [6.45, 7) is -0.190. The number of ether oxygens (including phenoxy) is 2. The van der Waals surface area contributed by atoms with Crippen molar-refractivity contribution in [2.24, 2.45) is 5.10 Å². The van der Waals surface area contributed by atoms with Gasteiger partial charge in [-0.2, -0.15) is 5.10 Å². The van der Waals surface area contributed by atoms with E-state index < -0.39 is 5.91 Å². The van der Waals surface area contributed by atoms with Crippen LogP contribution in [0.4, 0.5) is 0 Å². The largest absolute Gasteiger partial charge is 0.496 e. The maximum atomic E-state index is 11.8. The van der Waals surface area contributed by atoms with Gasteiger partial charge in [0.15, 0.2) is 6.61 Å². The highest BCUT2D eigenvalue weighted by Crippen LogP contribution is 2.27. The predicted molar refractivity (Wildman–Crippen MR) is 98.4 cm³/mol. The molecule has 0 radical (unpaired) electrons. The fraction of sp³-hybridized carbons (Fsp3) is 0.125. The number of hydrogen-bond donors (Lipinski definition) is 1. The number of hydrazone groups is 1. The molecule has 0 unspecified atom stereocenters. The van der Waals surface area contributed by atoms with Crippen molar-refractivity contribution in [1.82, 2.24) is 5.43 Å². The Bertz CT molecular complexity index is 769. The number of halogens is 3. The van der Waals surface area contributed by atoms with E-state index in [4.69, 9.17) is 32.7 Å². The quantitative estimate of drug-likeness (QED) is 0.548. The summed E-state index contributed by atoms with van der Waals surface area (Å²) in [7, 11) is 1.54. The van der Waals surface area contributed by atoms with E-state index in [1.807, 2.05) is 0 Å². The van der Waals surface area contributed by atoms with Gasteiger partial charge in [-0.05, 0) is 52.3 Å². The van der Waals surface area contributed by atoms with Crippen LogP contribution in [0, 0.1) is 0 Å². The molecule has 0 atom stereocenters. The third-order valence-corrected chi connectivity index (χ3v) is 3.93. The first-order valence-corrected chi connectivity index (χ1v) is 8.28. The van der Waals surface area contributed by atoms with Crippen molar-refractivity contribution in [2.45, 2.75) is 0 Å². The highest BCUT2D eigenvalue weighted by atomic mass is 79.9. The molecule has 1 N–H and O–H groups in total. The molecule has 0 saturated carbocycles. The van der Waals surface area contributed by atoms with Gasteiger partial charge in [0.25, 0.3) is 5.91 Å². The van der Waals surface area contributed by atoms with Gasteiger partial charge in [-0.15, -0.1) is 0 Å². The maximum absolute atomic E-state index is 11.8. The second kappa shape index (κ2) is 8.92. The highest BCUT2D eigenvalue weighted by molar-refractivity contribution is 9.10. The lowest BCUT2D eigenvalue weighted by molar-refractivity contribution is -0.123. The summed E-state index contributed by atoms with van der Waals surface area (Å²) in [6.07, 6.45) is 1.45. The molecule has 0 aliphatic heterocycles. The van der Waals surface area contributed by atoms with E-state index in [0.717, 1.165) is 0 Å². The van der Waals surface area contributed by atoms with E-state index >= 15 is 0 Å². The first-order valence-electron chi connectivity index (χ1n) is 6.73. The molecule has 0 aliphatic rings. The van der Waals surface area contributed by atoms with Gasteiger partial charge in [-0.25, -0.2) is 5.43 Å². The highest BCUT2D eigenvalue weighted by Gasteiger charge is 2.06. The molecule has 0 aromatic heterocycles. The monoisotopic (exact) mass is 430 g/mol. The average molecular weight is 432 g/mol. The minimum absolute atomic E-state index is 0.190. The van der Waals surface area contributed by atoms with E-state index in [-0.39, 0.29) is 6.61 Å². The molecule has 0 fully saturated rings. The van der Waals surface area contributed by atoms with E-state index in [9.17, 15) is 4.79 Å². The van der Waals surface area contributed by atoms with Crippen molar-refractivity contribution in [2.75, 3.05) is 13.7 Å². The van der Waals surface area contributed by atoms with Crippen LogP contribution in [0.1, 0.15) is 5.56 Å². The number of nitrogens with zero attached hydrogens (tertiary/aromatic N) is 1. The van der Waals surface area contributed by atoms with Gasteiger partial charge in [0.2, 0.25) is 0 Å². The Morgan fingerprint density at radius 2 is 1.88 bits per heavy atom. The van der Waals surface area contributed by atoms with Gasteiger partial charge in [0.1, 0.15) is 11.5 Å².